The van der Waals surface area contributed by atoms with Crippen molar-refractivity contribution in [1.82, 2.24) is 34.7 Å². The number of aromatic nitrogens is 7. The molecule has 0 spiro atoms. The molecule has 3 atom stereocenters. The summed E-state index contributed by atoms with van der Waals surface area (Å²) in [6.45, 7) is 1.45. The van der Waals surface area contributed by atoms with E-state index in [0.717, 1.165) is 6.20 Å². The fourth-order valence-corrected chi connectivity index (χ4v) is 5.47. The summed E-state index contributed by atoms with van der Waals surface area (Å²) in [4.78, 5) is 25.0. The number of ether oxygens (including phenoxy) is 1. The van der Waals surface area contributed by atoms with Crippen molar-refractivity contribution >= 4 is 11.9 Å². The van der Waals surface area contributed by atoms with Gasteiger partial charge in [-0.05, 0) is 34.2 Å². The van der Waals surface area contributed by atoms with Crippen molar-refractivity contribution < 1.29 is 22.3 Å². The molecule has 11 nitrogen and oxygen atoms in total. The molecule has 15 heteroatoms. The van der Waals surface area contributed by atoms with Crippen LogP contribution < -0.4 is 20.1 Å². The number of alkyl halides is 3. The topological polar surface area (TPSA) is 107 Å². The summed E-state index contributed by atoms with van der Waals surface area (Å²) in [7, 11) is 3.49. The molecule has 2 aliphatic rings. The average molecular weight is 558 g/mol. The van der Waals surface area contributed by atoms with Crippen molar-refractivity contribution in [3.8, 4) is 17.0 Å². The van der Waals surface area contributed by atoms with Crippen LogP contribution in [-0.2, 0) is 13.6 Å². The second-order valence-corrected chi connectivity index (χ2v) is 9.86. The van der Waals surface area contributed by atoms with Gasteiger partial charge in [-0.3, -0.25) is 14.3 Å². The van der Waals surface area contributed by atoms with Gasteiger partial charge in [-0.15, -0.1) is 13.2 Å². The van der Waals surface area contributed by atoms with Gasteiger partial charge in [-0.25, -0.2) is 14.1 Å². The molecule has 4 heterocycles. The van der Waals surface area contributed by atoms with Gasteiger partial charge in [-0.2, -0.15) is 0 Å². The summed E-state index contributed by atoms with van der Waals surface area (Å²) in [5.41, 5.74) is 0.683. The minimum absolute atomic E-state index is 0.104. The van der Waals surface area contributed by atoms with Crippen LogP contribution in [0.4, 0.5) is 29.5 Å². The lowest BCUT2D eigenvalue weighted by molar-refractivity contribution is -0.274. The molecule has 4 aromatic rings. The molecule has 6 rings (SSSR count). The van der Waals surface area contributed by atoms with Gasteiger partial charge in [0.1, 0.15) is 5.75 Å². The van der Waals surface area contributed by atoms with E-state index in [-0.39, 0.29) is 47.0 Å². The third kappa shape index (κ3) is 4.82. The molecule has 1 saturated heterocycles. The van der Waals surface area contributed by atoms with Crippen LogP contribution in [0.15, 0.2) is 53.6 Å². The van der Waals surface area contributed by atoms with Gasteiger partial charge in [0.2, 0.25) is 11.9 Å². The van der Waals surface area contributed by atoms with Crippen molar-refractivity contribution in [1.29, 1.82) is 0 Å². The van der Waals surface area contributed by atoms with Crippen molar-refractivity contribution in [3.63, 3.8) is 0 Å². The second-order valence-electron chi connectivity index (χ2n) is 9.86. The number of halogens is 4. The minimum atomic E-state index is -4.78. The van der Waals surface area contributed by atoms with Crippen LogP contribution in [0.25, 0.3) is 11.3 Å². The summed E-state index contributed by atoms with van der Waals surface area (Å²) < 4.78 is 59.1. The largest absolute Gasteiger partial charge is 0.573 e. The van der Waals surface area contributed by atoms with Crippen molar-refractivity contribution in [2.24, 2.45) is 18.9 Å². The first-order valence-corrected chi connectivity index (χ1v) is 12.4. The molecule has 40 heavy (non-hydrogen) atoms. The Labute approximate surface area is 224 Å². The highest BCUT2D eigenvalue weighted by atomic mass is 19.4. The van der Waals surface area contributed by atoms with E-state index < -0.39 is 12.2 Å². The molecule has 1 aliphatic carbocycles. The van der Waals surface area contributed by atoms with Crippen LogP contribution in [0, 0.1) is 17.7 Å². The highest BCUT2D eigenvalue weighted by Crippen LogP contribution is 2.50. The Morgan fingerprint density at radius 1 is 1.15 bits per heavy atom. The van der Waals surface area contributed by atoms with E-state index in [4.69, 9.17) is 0 Å². The molecular formula is C25H23F4N9O2. The SMILES string of the molecule is CN(c1nc(-c2ccncc2F)cc(=O)n1C)[C@@H]1[C@@H]2CN(c3nnnn3Cc3cccc(OC(F)(F)F)c3)C[C@@H]21. The number of benzene rings is 1. The number of hydrogen-bond acceptors (Lipinski definition) is 9. The summed E-state index contributed by atoms with van der Waals surface area (Å²) in [6.07, 6.45) is -2.25. The Kier molecular flexibility index (Phi) is 6.15. The van der Waals surface area contributed by atoms with Gasteiger partial charge in [0.05, 0.1) is 18.4 Å². The number of piperidine rings is 1. The number of tetrazole rings is 1. The van der Waals surface area contributed by atoms with Gasteiger partial charge in [0.25, 0.3) is 5.56 Å². The molecule has 1 aromatic carbocycles. The first-order chi connectivity index (χ1) is 19.1. The number of rotatable bonds is 7. The summed E-state index contributed by atoms with van der Waals surface area (Å²) in [5, 5.41) is 11.9. The molecule has 0 N–H and O–H groups in total. The lowest BCUT2D eigenvalue weighted by atomic mass is 10.2. The molecular weight excluding hydrogens is 534 g/mol. The Hall–Kier alpha value is -4.56. The van der Waals surface area contributed by atoms with Crippen LogP contribution in [-0.4, -0.2) is 67.3 Å². The maximum absolute atomic E-state index is 14.3. The highest BCUT2D eigenvalue weighted by molar-refractivity contribution is 5.60. The van der Waals surface area contributed by atoms with E-state index in [1.807, 2.05) is 16.8 Å². The Morgan fingerprint density at radius 2 is 1.93 bits per heavy atom. The maximum Gasteiger partial charge on any atom is 0.573 e. The van der Waals surface area contributed by atoms with Gasteiger partial charge in [0, 0.05) is 62.9 Å². The van der Waals surface area contributed by atoms with Gasteiger partial charge in [0.15, 0.2) is 5.82 Å². The normalized spacial score (nSPS) is 19.9. The molecule has 1 aliphatic heterocycles. The van der Waals surface area contributed by atoms with Crippen LogP contribution >= 0.6 is 0 Å². The van der Waals surface area contributed by atoms with Crippen LogP contribution in [0.3, 0.4) is 0 Å². The summed E-state index contributed by atoms with van der Waals surface area (Å²) in [6, 6.07) is 8.57. The average Bonchev–Trinajstić information content (AvgIpc) is 3.19. The first-order valence-electron chi connectivity index (χ1n) is 12.4. The minimum Gasteiger partial charge on any atom is -0.406 e. The quantitative estimate of drug-likeness (QED) is 0.317. The van der Waals surface area contributed by atoms with Crippen LogP contribution in [0.1, 0.15) is 5.56 Å². The molecule has 0 radical (unpaired) electrons. The zero-order chi connectivity index (χ0) is 28.2. The molecule has 0 unspecified atom stereocenters. The number of nitrogens with zero attached hydrogens (tertiary/aromatic N) is 9. The first kappa shape index (κ1) is 25.7. The lowest BCUT2D eigenvalue weighted by Crippen LogP contribution is -2.37. The monoisotopic (exact) mass is 557 g/mol. The molecule has 3 aromatic heterocycles. The molecule has 1 saturated carbocycles. The Morgan fingerprint density at radius 3 is 2.65 bits per heavy atom. The van der Waals surface area contributed by atoms with Gasteiger partial charge < -0.3 is 14.5 Å². The van der Waals surface area contributed by atoms with Crippen molar-refractivity contribution in [2.45, 2.75) is 18.9 Å². The van der Waals surface area contributed by atoms with Crippen molar-refractivity contribution in [2.75, 3.05) is 29.9 Å². The Balaban J connectivity index is 1.16. The predicted octanol–water partition coefficient (Wildman–Crippen LogP) is 2.49. The fraction of sp³-hybridized carbons (Fsp3) is 0.360. The van der Waals surface area contributed by atoms with Crippen LogP contribution in [0.2, 0.25) is 0 Å². The second kappa shape index (κ2) is 9.57. The third-order valence-corrected chi connectivity index (χ3v) is 7.33. The molecule has 0 bridgehead atoms. The fourth-order valence-electron chi connectivity index (χ4n) is 5.47. The number of pyridine rings is 1. The van der Waals surface area contributed by atoms with Crippen LogP contribution in [0.5, 0.6) is 5.75 Å². The highest BCUT2D eigenvalue weighted by Gasteiger charge is 2.59. The smallest absolute Gasteiger partial charge is 0.406 e. The zero-order valence-corrected chi connectivity index (χ0v) is 21.3. The van der Waals surface area contributed by atoms with Gasteiger partial charge in [-0.1, -0.05) is 17.2 Å². The van der Waals surface area contributed by atoms with E-state index >= 15 is 0 Å². The number of fused-ring (bicyclic) bond motifs is 1. The number of hydrogen-bond donors (Lipinski definition) is 0. The standard InChI is InChI=1S/C25H23F4N9O2/c1-35-21(39)9-20(16-6-7-30-10-19(16)26)31-23(35)36(2)22-17-12-37(13-18(17)22)24-32-33-34-38(24)11-14-4-3-5-15(8-14)40-25(27,28)29/h3-10,17-18,22H,11-13H2,1-2H3/t17-,18+,22-. The number of anilines is 2. The molecule has 208 valence electrons. The summed E-state index contributed by atoms with van der Waals surface area (Å²) >= 11 is 0. The van der Waals surface area contributed by atoms with Gasteiger partial charge >= 0.3 is 6.36 Å². The van der Waals surface area contributed by atoms with E-state index in [2.05, 4.69) is 30.2 Å². The maximum atomic E-state index is 14.3. The lowest BCUT2D eigenvalue weighted by Gasteiger charge is -2.26. The molecule has 0 amide bonds. The zero-order valence-electron chi connectivity index (χ0n) is 21.3. The predicted molar refractivity (Wildman–Crippen MR) is 134 cm³/mol. The van der Waals surface area contributed by atoms with E-state index in [1.54, 1.807) is 13.1 Å². The van der Waals surface area contributed by atoms with E-state index in [0.29, 0.717) is 30.5 Å². The van der Waals surface area contributed by atoms with E-state index in [1.165, 1.54) is 45.8 Å². The van der Waals surface area contributed by atoms with Crippen molar-refractivity contribution in [3.05, 3.63) is 70.5 Å². The Bertz CT molecular complexity index is 1610. The van der Waals surface area contributed by atoms with E-state index in [9.17, 15) is 22.4 Å². The summed E-state index contributed by atoms with van der Waals surface area (Å²) in [5.74, 6) is 0.556. The third-order valence-electron chi connectivity index (χ3n) is 7.33. The molecule has 2 fully saturated rings.